The van der Waals surface area contributed by atoms with Gasteiger partial charge in [0.05, 0.1) is 0 Å². The first kappa shape index (κ1) is 10.2. The van der Waals surface area contributed by atoms with Crippen LogP contribution in [0.2, 0.25) is 0 Å². The smallest absolute Gasteiger partial charge is 0.320 e. The molecule has 0 aromatic heterocycles. The maximum Gasteiger partial charge on any atom is 3.00 e. The van der Waals surface area contributed by atoms with Crippen molar-refractivity contribution in [2.24, 2.45) is 0 Å². The predicted octanol–water partition coefficient (Wildman–Crippen LogP) is 2.01. The van der Waals surface area contributed by atoms with E-state index in [4.69, 9.17) is 0 Å². The monoisotopic (exact) mass is 160 g/mol. The summed E-state index contributed by atoms with van der Waals surface area (Å²) in [6.45, 7) is 6.44. The Labute approximate surface area is 65.6 Å². The summed E-state index contributed by atoms with van der Waals surface area (Å²) < 4.78 is 0. The summed E-state index contributed by atoms with van der Waals surface area (Å²) >= 11 is 0. The SMILES string of the molecule is CC[C-](C)C.[Y+3]. The number of rotatable bonds is 1. The van der Waals surface area contributed by atoms with Gasteiger partial charge in [0.25, 0.3) is 0 Å². The van der Waals surface area contributed by atoms with Crippen molar-refractivity contribution < 1.29 is 32.7 Å². The molecule has 0 N–H and O–H groups in total. The minimum atomic E-state index is 0. The maximum absolute atomic E-state index is 2.16. The zero-order valence-corrected chi connectivity index (χ0v) is 7.62. The number of hydrogen-bond acceptors (Lipinski definition) is 0. The van der Waals surface area contributed by atoms with Gasteiger partial charge in [0.1, 0.15) is 0 Å². The second-order valence-corrected chi connectivity index (χ2v) is 1.56. The average molecular weight is 160 g/mol. The summed E-state index contributed by atoms with van der Waals surface area (Å²) in [5.74, 6) is 1.50. The first-order valence-corrected chi connectivity index (χ1v) is 2.06. The summed E-state index contributed by atoms with van der Waals surface area (Å²) in [4.78, 5) is 0. The van der Waals surface area contributed by atoms with E-state index in [1.807, 2.05) is 0 Å². The molecule has 0 heterocycles. The van der Waals surface area contributed by atoms with Crippen LogP contribution in [0.4, 0.5) is 0 Å². The fraction of sp³-hybridized carbons (Fsp3) is 0.800. The van der Waals surface area contributed by atoms with Crippen LogP contribution in [-0.4, -0.2) is 0 Å². The molecule has 0 saturated carbocycles. The summed E-state index contributed by atoms with van der Waals surface area (Å²) in [5, 5.41) is 0. The maximum atomic E-state index is 2.16. The van der Waals surface area contributed by atoms with Gasteiger partial charge in [-0.05, 0) is 0 Å². The quantitative estimate of drug-likeness (QED) is 0.514. The molecule has 1 heteroatoms. The van der Waals surface area contributed by atoms with Crippen molar-refractivity contribution in [2.75, 3.05) is 0 Å². The standard InChI is InChI=1S/C5H11.Y/c1-4-5(2)3;/h4H2,1-3H3;/q-1;+3. The van der Waals surface area contributed by atoms with Crippen LogP contribution < -0.4 is 0 Å². The molecule has 0 radical (unpaired) electrons. The van der Waals surface area contributed by atoms with Crippen molar-refractivity contribution >= 4 is 0 Å². The van der Waals surface area contributed by atoms with Crippen molar-refractivity contribution in [3.63, 3.8) is 0 Å². The normalized spacial score (nSPS) is 8.00. The van der Waals surface area contributed by atoms with Crippen LogP contribution in [0.25, 0.3) is 0 Å². The van der Waals surface area contributed by atoms with Crippen LogP contribution in [0.3, 0.4) is 0 Å². The van der Waals surface area contributed by atoms with Crippen LogP contribution in [0, 0.1) is 5.92 Å². The van der Waals surface area contributed by atoms with Crippen molar-refractivity contribution in [3.8, 4) is 0 Å². The van der Waals surface area contributed by atoms with Crippen molar-refractivity contribution in [2.45, 2.75) is 27.2 Å². The van der Waals surface area contributed by atoms with Gasteiger partial charge in [0.15, 0.2) is 0 Å². The van der Waals surface area contributed by atoms with E-state index in [1.165, 1.54) is 12.3 Å². The molecule has 0 aliphatic carbocycles. The average Bonchev–Trinajstić information content (AvgIpc) is 1.38. The first-order valence-electron chi connectivity index (χ1n) is 2.06. The minimum absolute atomic E-state index is 0. The van der Waals surface area contributed by atoms with Gasteiger partial charge in [0, 0.05) is 0 Å². The molecular formula is C5H11Y+2. The van der Waals surface area contributed by atoms with Crippen LogP contribution in [0.1, 0.15) is 27.2 Å². The van der Waals surface area contributed by atoms with E-state index in [2.05, 4.69) is 20.8 Å². The van der Waals surface area contributed by atoms with Crippen LogP contribution in [-0.2, 0) is 32.7 Å². The minimum Gasteiger partial charge on any atom is -0.320 e. The van der Waals surface area contributed by atoms with E-state index in [1.54, 1.807) is 0 Å². The van der Waals surface area contributed by atoms with E-state index in [9.17, 15) is 0 Å². The molecule has 0 bridgehead atoms. The molecule has 0 saturated heterocycles. The molecule has 0 aromatic carbocycles. The molecule has 0 aliphatic heterocycles. The van der Waals surface area contributed by atoms with Crippen molar-refractivity contribution in [1.29, 1.82) is 0 Å². The molecule has 0 unspecified atom stereocenters. The van der Waals surface area contributed by atoms with Gasteiger partial charge in [-0.3, -0.25) is 0 Å². The van der Waals surface area contributed by atoms with Crippen LogP contribution in [0.15, 0.2) is 0 Å². The zero-order chi connectivity index (χ0) is 4.28. The van der Waals surface area contributed by atoms with E-state index < -0.39 is 0 Å². The molecule has 0 fully saturated rings. The Bertz CT molecular complexity index is 17.9. The van der Waals surface area contributed by atoms with Crippen LogP contribution >= 0.6 is 0 Å². The Kier molecular flexibility index (Phi) is 10.3. The molecule has 0 aliphatic rings. The third-order valence-corrected chi connectivity index (χ3v) is 0.707. The molecule has 0 aromatic rings. The second-order valence-electron chi connectivity index (χ2n) is 1.56. The van der Waals surface area contributed by atoms with Gasteiger partial charge in [0.2, 0.25) is 0 Å². The van der Waals surface area contributed by atoms with Gasteiger partial charge >= 0.3 is 32.7 Å². The molecule has 0 atom stereocenters. The van der Waals surface area contributed by atoms with E-state index >= 15 is 0 Å². The fourth-order valence-corrected chi connectivity index (χ4v) is 0. The third-order valence-electron chi connectivity index (χ3n) is 0.707. The van der Waals surface area contributed by atoms with Gasteiger partial charge in [-0.2, -0.15) is 20.3 Å². The van der Waals surface area contributed by atoms with E-state index in [-0.39, 0.29) is 32.7 Å². The first-order chi connectivity index (χ1) is 2.27. The van der Waals surface area contributed by atoms with Gasteiger partial charge in [-0.1, -0.05) is 6.92 Å². The topological polar surface area (TPSA) is 0 Å². The largest absolute Gasteiger partial charge is 3.00 e. The Balaban J connectivity index is 0. The van der Waals surface area contributed by atoms with Crippen molar-refractivity contribution in [3.05, 3.63) is 5.92 Å². The summed E-state index contributed by atoms with van der Waals surface area (Å²) in [6, 6.07) is 0. The second kappa shape index (κ2) is 6.10. The molecule has 6 heavy (non-hydrogen) atoms. The number of hydrogen-bond donors (Lipinski definition) is 0. The summed E-state index contributed by atoms with van der Waals surface area (Å²) in [7, 11) is 0. The Morgan fingerprint density at radius 1 is 1.33 bits per heavy atom. The fourth-order valence-electron chi connectivity index (χ4n) is 0. The third kappa shape index (κ3) is 8.92. The Morgan fingerprint density at radius 2 is 1.50 bits per heavy atom. The zero-order valence-electron chi connectivity index (χ0n) is 4.78. The van der Waals surface area contributed by atoms with Crippen molar-refractivity contribution in [1.82, 2.24) is 0 Å². The summed E-state index contributed by atoms with van der Waals surface area (Å²) in [6.07, 6.45) is 1.22. The van der Waals surface area contributed by atoms with Crippen LogP contribution in [0.5, 0.6) is 0 Å². The Hall–Kier alpha value is 1.10. The molecule has 0 spiro atoms. The van der Waals surface area contributed by atoms with E-state index in [0.717, 1.165) is 0 Å². The molecule has 32 valence electrons. The van der Waals surface area contributed by atoms with E-state index in [0.29, 0.717) is 0 Å². The van der Waals surface area contributed by atoms with Gasteiger partial charge in [-0.15, -0.1) is 0 Å². The molecule has 0 amide bonds. The Morgan fingerprint density at radius 3 is 1.50 bits per heavy atom. The van der Waals surface area contributed by atoms with Gasteiger partial charge in [-0.25, -0.2) is 0 Å². The van der Waals surface area contributed by atoms with Gasteiger partial charge < -0.3 is 5.92 Å². The predicted molar refractivity (Wildman–Crippen MR) is 24.9 cm³/mol. The molecular weight excluding hydrogens is 149 g/mol. The molecule has 0 nitrogen and oxygen atoms in total. The summed E-state index contributed by atoms with van der Waals surface area (Å²) in [5.41, 5.74) is 0. The molecule has 0 rings (SSSR count).